The molecule has 0 radical (unpaired) electrons. The van der Waals surface area contributed by atoms with E-state index in [9.17, 15) is 5.26 Å². The van der Waals surface area contributed by atoms with Crippen molar-refractivity contribution in [2.24, 2.45) is 0 Å². The van der Waals surface area contributed by atoms with Crippen LogP contribution < -0.4 is 0 Å². The third kappa shape index (κ3) is 5.98. The summed E-state index contributed by atoms with van der Waals surface area (Å²) < 4.78 is 17.8. The fraction of sp³-hybridized carbons (Fsp3) is 0.562. The van der Waals surface area contributed by atoms with Crippen LogP contribution in [0, 0.1) is 11.3 Å². The number of hydrogen-bond acceptors (Lipinski definition) is 4. The van der Waals surface area contributed by atoms with E-state index in [2.05, 4.69) is 18.2 Å². The monoisotopic (exact) mass is 307 g/mol. The van der Waals surface area contributed by atoms with Gasteiger partial charge in [-0.25, -0.2) is 0 Å². The van der Waals surface area contributed by atoms with Crippen molar-refractivity contribution in [2.75, 3.05) is 13.2 Å². The van der Waals surface area contributed by atoms with Gasteiger partial charge in [-0.3, -0.25) is 0 Å². The lowest BCUT2D eigenvalue weighted by Crippen LogP contribution is -2.51. The van der Waals surface area contributed by atoms with Crippen LogP contribution in [0.2, 0.25) is 6.04 Å². The van der Waals surface area contributed by atoms with Crippen molar-refractivity contribution in [1.29, 1.82) is 5.26 Å². The molecule has 1 rings (SSSR count). The van der Waals surface area contributed by atoms with Crippen LogP contribution in [0.3, 0.4) is 0 Å². The molecule has 5 heteroatoms. The molecule has 0 atom stereocenters. The highest BCUT2D eigenvalue weighted by molar-refractivity contribution is 6.60. The second-order valence-corrected chi connectivity index (χ2v) is 7.91. The largest absolute Gasteiger partial charge is 0.502 e. The van der Waals surface area contributed by atoms with Crippen LogP contribution in [0.1, 0.15) is 33.3 Å². The SMILES string of the molecule is CCO[Si](CCc1ccccc1)(OCC)OC(C)(C)C#N. The Morgan fingerprint density at radius 3 is 2.14 bits per heavy atom. The first-order valence-corrected chi connectivity index (χ1v) is 9.33. The third-order valence-corrected chi connectivity index (χ3v) is 6.11. The van der Waals surface area contributed by atoms with Crippen LogP contribution >= 0.6 is 0 Å². The van der Waals surface area contributed by atoms with E-state index in [-0.39, 0.29) is 0 Å². The highest BCUT2D eigenvalue weighted by Crippen LogP contribution is 2.25. The predicted molar refractivity (Wildman–Crippen MR) is 84.7 cm³/mol. The summed E-state index contributed by atoms with van der Waals surface area (Å²) in [5.74, 6) is 0. The van der Waals surface area contributed by atoms with Gasteiger partial charge in [0, 0.05) is 19.3 Å². The zero-order valence-corrected chi connectivity index (χ0v) is 14.4. The second-order valence-electron chi connectivity index (χ2n) is 5.26. The minimum absolute atomic E-state index is 0.516. The van der Waals surface area contributed by atoms with Gasteiger partial charge in [0.25, 0.3) is 0 Å². The lowest BCUT2D eigenvalue weighted by Gasteiger charge is -2.33. The normalized spacial score (nSPS) is 12.1. The molecule has 0 aliphatic heterocycles. The molecule has 0 amide bonds. The average Bonchev–Trinajstić information content (AvgIpc) is 2.46. The topological polar surface area (TPSA) is 51.5 Å². The van der Waals surface area contributed by atoms with E-state index in [1.807, 2.05) is 32.0 Å². The molecule has 0 aromatic heterocycles. The van der Waals surface area contributed by atoms with Gasteiger partial charge in [-0.1, -0.05) is 30.3 Å². The summed E-state index contributed by atoms with van der Waals surface area (Å²) in [4.78, 5) is 0. The van der Waals surface area contributed by atoms with Crippen LogP contribution in [0.4, 0.5) is 0 Å². The number of aryl methyl sites for hydroxylation is 1. The minimum atomic E-state index is -2.86. The van der Waals surface area contributed by atoms with Crippen molar-refractivity contribution in [1.82, 2.24) is 0 Å². The fourth-order valence-corrected chi connectivity index (χ4v) is 4.98. The molecule has 0 aliphatic rings. The van der Waals surface area contributed by atoms with Gasteiger partial charge >= 0.3 is 8.80 Å². The Hall–Kier alpha value is -1.19. The Kier molecular flexibility index (Phi) is 7.06. The van der Waals surface area contributed by atoms with E-state index in [0.29, 0.717) is 19.3 Å². The zero-order valence-electron chi connectivity index (χ0n) is 13.4. The molecule has 116 valence electrons. The summed E-state index contributed by atoms with van der Waals surface area (Å²) in [6.07, 6.45) is 0.814. The lowest BCUT2D eigenvalue weighted by molar-refractivity contribution is 0.0167. The van der Waals surface area contributed by atoms with Gasteiger partial charge in [-0.2, -0.15) is 5.26 Å². The second kappa shape index (κ2) is 8.30. The minimum Gasteiger partial charge on any atom is -0.374 e. The summed E-state index contributed by atoms with van der Waals surface area (Å²) in [6.45, 7) is 8.37. The zero-order chi connectivity index (χ0) is 15.8. The molecule has 21 heavy (non-hydrogen) atoms. The van der Waals surface area contributed by atoms with Gasteiger partial charge in [-0.15, -0.1) is 0 Å². The van der Waals surface area contributed by atoms with Crippen molar-refractivity contribution in [3.63, 3.8) is 0 Å². The molecule has 0 heterocycles. The Labute approximate surface area is 129 Å². The molecule has 0 unspecified atom stereocenters. The van der Waals surface area contributed by atoms with Gasteiger partial charge in [-0.05, 0) is 39.7 Å². The fourth-order valence-electron chi connectivity index (χ4n) is 2.09. The molecule has 4 nitrogen and oxygen atoms in total. The van der Waals surface area contributed by atoms with E-state index in [4.69, 9.17) is 13.3 Å². The van der Waals surface area contributed by atoms with E-state index in [0.717, 1.165) is 6.42 Å². The quantitative estimate of drug-likeness (QED) is 0.655. The summed E-state index contributed by atoms with van der Waals surface area (Å²) >= 11 is 0. The summed E-state index contributed by atoms with van der Waals surface area (Å²) in [6, 6.07) is 13.0. The van der Waals surface area contributed by atoms with Crippen LogP contribution in [0.25, 0.3) is 0 Å². The van der Waals surface area contributed by atoms with Crippen LogP contribution in [-0.2, 0) is 19.7 Å². The summed E-state index contributed by atoms with van der Waals surface area (Å²) in [7, 11) is -2.86. The number of nitrogens with zero attached hydrogens (tertiary/aromatic N) is 1. The van der Waals surface area contributed by atoms with Gasteiger partial charge in [0.1, 0.15) is 5.60 Å². The Balaban J connectivity index is 2.86. The highest BCUT2D eigenvalue weighted by Gasteiger charge is 2.45. The predicted octanol–water partition coefficient (Wildman–Crippen LogP) is 3.56. The van der Waals surface area contributed by atoms with Crippen molar-refractivity contribution >= 4 is 8.80 Å². The maximum absolute atomic E-state index is 9.22. The molecule has 0 saturated heterocycles. The van der Waals surface area contributed by atoms with E-state index >= 15 is 0 Å². The summed E-state index contributed by atoms with van der Waals surface area (Å²) in [5, 5.41) is 9.22. The van der Waals surface area contributed by atoms with E-state index in [1.165, 1.54) is 5.56 Å². The van der Waals surface area contributed by atoms with Crippen molar-refractivity contribution in [3.8, 4) is 6.07 Å². The molecule has 0 saturated carbocycles. The van der Waals surface area contributed by atoms with Crippen molar-refractivity contribution in [3.05, 3.63) is 35.9 Å². The Morgan fingerprint density at radius 2 is 1.67 bits per heavy atom. The molecule has 1 aromatic rings. The number of rotatable bonds is 9. The molecular weight excluding hydrogens is 282 g/mol. The van der Waals surface area contributed by atoms with Crippen LogP contribution in [-0.4, -0.2) is 27.6 Å². The first-order chi connectivity index (χ1) is 9.97. The molecular formula is C16H25NO3Si. The highest BCUT2D eigenvalue weighted by atomic mass is 28.4. The molecule has 0 N–H and O–H groups in total. The van der Waals surface area contributed by atoms with Crippen molar-refractivity contribution < 1.29 is 13.3 Å². The van der Waals surface area contributed by atoms with Crippen LogP contribution in [0.5, 0.6) is 0 Å². The van der Waals surface area contributed by atoms with Gasteiger partial charge in [0.2, 0.25) is 0 Å². The molecule has 0 spiro atoms. The number of nitriles is 1. The molecule has 1 aromatic carbocycles. The standard InChI is InChI=1S/C16H25NO3Si/c1-5-18-21(19-6-2,20-16(3,4)14-17)13-12-15-10-8-7-9-11-15/h7-11H,5-6,12-13H2,1-4H3. The molecule has 0 aliphatic carbocycles. The van der Waals surface area contributed by atoms with Crippen LogP contribution in [0.15, 0.2) is 30.3 Å². The van der Waals surface area contributed by atoms with Gasteiger partial charge < -0.3 is 13.3 Å². The number of hydrogen-bond donors (Lipinski definition) is 0. The number of benzene rings is 1. The molecule has 0 fully saturated rings. The van der Waals surface area contributed by atoms with Gasteiger partial charge in [0.05, 0.1) is 6.07 Å². The van der Waals surface area contributed by atoms with Crippen molar-refractivity contribution in [2.45, 2.75) is 45.8 Å². The molecule has 0 bridgehead atoms. The smallest absolute Gasteiger partial charge is 0.374 e. The third-order valence-electron chi connectivity index (χ3n) is 2.97. The Bertz CT molecular complexity index is 450. The maximum atomic E-state index is 9.22. The maximum Gasteiger partial charge on any atom is 0.502 e. The van der Waals surface area contributed by atoms with E-state index < -0.39 is 14.4 Å². The first-order valence-electron chi connectivity index (χ1n) is 7.40. The Morgan fingerprint density at radius 1 is 1.10 bits per heavy atom. The lowest BCUT2D eigenvalue weighted by atomic mass is 10.2. The van der Waals surface area contributed by atoms with E-state index in [1.54, 1.807) is 13.8 Å². The average molecular weight is 307 g/mol. The van der Waals surface area contributed by atoms with Gasteiger partial charge in [0.15, 0.2) is 0 Å². The first kappa shape index (κ1) is 17.9. The summed E-state index contributed by atoms with van der Waals surface area (Å²) in [5.41, 5.74) is 0.305.